The molecule has 0 aromatic carbocycles. The Kier molecular flexibility index (Phi) is 8.02. The lowest BCUT2D eigenvalue weighted by atomic mass is 10.5. The molecule has 1 radical (unpaired) electrons. The molecular weight excluding hydrogens is 188 g/mol. The van der Waals surface area contributed by atoms with Crippen LogP contribution in [-0.4, -0.2) is 46.1 Å². The molecule has 0 saturated carbocycles. The van der Waals surface area contributed by atoms with Gasteiger partial charge in [0.25, 0.3) is 0 Å². The van der Waals surface area contributed by atoms with E-state index in [1.54, 1.807) is 0 Å². The average molecular weight is 207 g/mol. The van der Waals surface area contributed by atoms with Gasteiger partial charge in [0, 0.05) is 20.3 Å². The first kappa shape index (κ1) is 13.8. The summed E-state index contributed by atoms with van der Waals surface area (Å²) in [6.07, 6.45) is 0. The van der Waals surface area contributed by atoms with Crippen LogP contribution in [0.25, 0.3) is 0 Å². The third kappa shape index (κ3) is 4.88. The Morgan fingerprint density at radius 2 is 1.71 bits per heavy atom. The van der Waals surface area contributed by atoms with Gasteiger partial charge in [0.2, 0.25) is 0 Å². The van der Waals surface area contributed by atoms with Crippen LogP contribution in [0.3, 0.4) is 0 Å². The topological polar surface area (TPSA) is 56.8 Å². The summed E-state index contributed by atoms with van der Waals surface area (Å²) in [6.45, 7) is 4.53. The SMILES string of the molecule is CCOC(COCC[O])(OC)OCC. The van der Waals surface area contributed by atoms with Gasteiger partial charge in [0.15, 0.2) is 0 Å². The lowest BCUT2D eigenvalue weighted by Gasteiger charge is -2.30. The maximum atomic E-state index is 10.2. The van der Waals surface area contributed by atoms with Gasteiger partial charge >= 0.3 is 5.97 Å². The fourth-order valence-corrected chi connectivity index (χ4v) is 0.998. The summed E-state index contributed by atoms with van der Waals surface area (Å²) in [5.41, 5.74) is 0. The zero-order valence-corrected chi connectivity index (χ0v) is 9.08. The van der Waals surface area contributed by atoms with E-state index in [1.165, 1.54) is 7.11 Å². The summed E-state index contributed by atoms with van der Waals surface area (Å²) in [4.78, 5) is 0. The molecule has 0 aliphatic rings. The van der Waals surface area contributed by atoms with E-state index in [0.717, 1.165) is 0 Å². The molecule has 0 N–H and O–H groups in total. The first-order valence-electron chi connectivity index (χ1n) is 4.73. The zero-order chi connectivity index (χ0) is 10.9. The molecule has 0 aliphatic heterocycles. The molecule has 0 saturated heterocycles. The van der Waals surface area contributed by atoms with Crippen molar-refractivity contribution in [3.05, 3.63) is 0 Å². The Hall–Kier alpha value is -0.200. The van der Waals surface area contributed by atoms with Crippen LogP contribution >= 0.6 is 0 Å². The normalized spacial score (nSPS) is 12.0. The van der Waals surface area contributed by atoms with Crippen molar-refractivity contribution < 1.29 is 24.1 Å². The molecule has 14 heavy (non-hydrogen) atoms. The van der Waals surface area contributed by atoms with E-state index in [0.29, 0.717) is 13.2 Å². The Morgan fingerprint density at radius 3 is 2.07 bits per heavy atom. The maximum Gasteiger partial charge on any atom is 0.307 e. The fourth-order valence-electron chi connectivity index (χ4n) is 0.998. The summed E-state index contributed by atoms with van der Waals surface area (Å²) < 4.78 is 20.7. The molecule has 0 fully saturated rings. The van der Waals surface area contributed by atoms with Crippen molar-refractivity contribution in [2.75, 3.05) is 40.1 Å². The molecule has 0 bridgehead atoms. The molecule has 0 amide bonds. The summed E-state index contributed by atoms with van der Waals surface area (Å²) in [7, 11) is 1.48. The van der Waals surface area contributed by atoms with E-state index in [9.17, 15) is 5.11 Å². The van der Waals surface area contributed by atoms with Crippen molar-refractivity contribution in [3.63, 3.8) is 0 Å². The number of hydrogen-bond acceptors (Lipinski definition) is 4. The smallest absolute Gasteiger partial charge is 0.307 e. The highest BCUT2D eigenvalue weighted by Crippen LogP contribution is 2.14. The van der Waals surface area contributed by atoms with Gasteiger partial charge in [-0.3, -0.25) is 0 Å². The highest BCUT2D eigenvalue weighted by Gasteiger charge is 2.31. The van der Waals surface area contributed by atoms with Gasteiger partial charge in [0.05, 0.1) is 6.61 Å². The van der Waals surface area contributed by atoms with Crippen LogP contribution in [-0.2, 0) is 24.1 Å². The molecule has 0 unspecified atom stereocenters. The average Bonchev–Trinajstić information content (AvgIpc) is 2.19. The van der Waals surface area contributed by atoms with Crippen molar-refractivity contribution in [3.8, 4) is 0 Å². The number of rotatable bonds is 9. The molecule has 0 aromatic rings. The highest BCUT2D eigenvalue weighted by molar-refractivity contribution is 4.54. The molecule has 5 heteroatoms. The fraction of sp³-hybridized carbons (Fsp3) is 1.00. The van der Waals surface area contributed by atoms with Gasteiger partial charge < -0.3 is 18.9 Å². The Labute approximate surface area is 84.9 Å². The molecule has 0 rings (SSSR count). The second-order valence-corrected chi connectivity index (χ2v) is 2.51. The summed E-state index contributed by atoms with van der Waals surface area (Å²) in [5.74, 6) is -1.17. The van der Waals surface area contributed by atoms with Crippen LogP contribution in [0.4, 0.5) is 0 Å². The van der Waals surface area contributed by atoms with Gasteiger partial charge in [-0.05, 0) is 13.8 Å². The van der Waals surface area contributed by atoms with Crippen molar-refractivity contribution in [2.45, 2.75) is 19.8 Å². The first-order chi connectivity index (χ1) is 6.74. The van der Waals surface area contributed by atoms with Crippen LogP contribution in [0.2, 0.25) is 0 Å². The third-order valence-corrected chi connectivity index (χ3v) is 1.55. The summed E-state index contributed by atoms with van der Waals surface area (Å²) in [6, 6.07) is 0. The molecule has 85 valence electrons. The van der Waals surface area contributed by atoms with E-state index >= 15 is 0 Å². The third-order valence-electron chi connectivity index (χ3n) is 1.55. The minimum absolute atomic E-state index is 0.105. The number of hydrogen-bond donors (Lipinski definition) is 0. The van der Waals surface area contributed by atoms with Crippen LogP contribution in [0.15, 0.2) is 0 Å². The minimum Gasteiger partial charge on any atom is -0.370 e. The van der Waals surface area contributed by atoms with Crippen molar-refractivity contribution in [1.29, 1.82) is 0 Å². The lowest BCUT2D eigenvalue weighted by molar-refractivity contribution is -0.384. The molecule has 0 heterocycles. The standard InChI is InChI=1S/C9H19O5/c1-4-13-9(11-3,14-5-2)8-12-7-6-10/h4-8H2,1-3H3. The van der Waals surface area contributed by atoms with Crippen LogP contribution in [0.1, 0.15) is 13.8 Å². The maximum absolute atomic E-state index is 10.2. The summed E-state index contributed by atoms with van der Waals surface area (Å²) in [5, 5.41) is 10.2. The highest BCUT2D eigenvalue weighted by atomic mass is 16.9. The van der Waals surface area contributed by atoms with E-state index in [-0.39, 0.29) is 19.8 Å². The zero-order valence-electron chi connectivity index (χ0n) is 9.08. The van der Waals surface area contributed by atoms with Gasteiger partial charge in [-0.2, -0.15) is 0 Å². The molecule has 0 aliphatic carbocycles. The quantitative estimate of drug-likeness (QED) is 0.414. The van der Waals surface area contributed by atoms with Crippen molar-refractivity contribution >= 4 is 0 Å². The minimum atomic E-state index is -1.17. The van der Waals surface area contributed by atoms with Crippen LogP contribution < -0.4 is 0 Å². The Balaban J connectivity index is 4.03. The number of ether oxygens (including phenoxy) is 4. The van der Waals surface area contributed by atoms with Crippen LogP contribution in [0, 0.1) is 0 Å². The van der Waals surface area contributed by atoms with E-state index in [2.05, 4.69) is 0 Å². The molecule has 0 atom stereocenters. The predicted octanol–water partition coefficient (Wildman–Crippen LogP) is 0.807. The van der Waals surface area contributed by atoms with Gasteiger partial charge in [0.1, 0.15) is 13.2 Å². The van der Waals surface area contributed by atoms with Gasteiger partial charge in [-0.15, -0.1) is 0 Å². The second-order valence-electron chi connectivity index (χ2n) is 2.51. The predicted molar refractivity (Wildman–Crippen MR) is 49.4 cm³/mol. The van der Waals surface area contributed by atoms with Crippen LogP contribution in [0.5, 0.6) is 0 Å². The monoisotopic (exact) mass is 207 g/mol. The van der Waals surface area contributed by atoms with Crippen molar-refractivity contribution in [2.24, 2.45) is 0 Å². The number of methoxy groups -OCH3 is 1. The van der Waals surface area contributed by atoms with Crippen molar-refractivity contribution in [1.82, 2.24) is 0 Å². The Bertz CT molecular complexity index is 122. The second kappa shape index (κ2) is 8.14. The first-order valence-corrected chi connectivity index (χ1v) is 4.73. The van der Waals surface area contributed by atoms with E-state index in [1.807, 2.05) is 13.8 Å². The Morgan fingerprint density at radius 1 is 1.14 bits per heavy atom. The van der Waals surface area contributed by atoms with Gasteiger partial charge in [-0.1, -0.05) is 0 Å². The molecule has 0 aromatic heterocycles. The van der Waals surface area contributed by atoms with Gasteiger partial charge in [-0.25, -0.2) is 5.11 Å². The largest absolute Gasteiger partial charge is 0.370 e. The lowest BCUT2D eigenvalue weighted by Crippen LogP contribution is -2.43. The molecule has 0 spiro atoms. The molecule has 5 nitrogen and oxygen atoms in total. The van der Waals surface area contributed by atoms with E-state index in [4.69, 9.17) is 18.9 Å². The summed E-state index contributed by atoms with van der Waals surface area (Å²) >= 11 is 0. The van der Waals surface area contributed by atoms with E-state index < -0.39 is 5.97 Å². The molecular formula is C9H19O5.